The topological polar surface area (TPSA) is 76.7 Å². The molecule has 0 unspecified atom stereocenters. The van der Waals surface area contributed by atoms with Crippen LogP contribution < -0.4 is 15.6 Å². The molecule has 2 rings (SSSR count). The largest absolute Gasteiger partial charge is 0.497 e. The van der Waals surface area contributed by atoms with Gasteiger partial charge in [-0.3, -0.25) is 10.2 Å². The van der Waals surface area contributed by atoms with Crippen LogP contribution >= 0.6 is 11.6 Å². The lowest BCUT2D eigenvalue weighted by molar-refractivity contribution is 0.0905. The molecule has 0 aliphatic rings. The fraction of sp³-hybridized carbons (Fsp3) is 0.125. The maximum absolute atomic E-state index is 11.8. The number of carbonyl (C=O) groups is 2. The second-order valence-corrected chi connectivity index (χ2v) is 4.95. The number of nitrogens with one attached hydrogen (secondary N) is 2. The van der Waals surface area contributed by atoms with E-state index >= 15 is 0 Å². The summed E-state index contributed by atoms with van der Waals surface area (Å²) in [6.07, 6.45) is -0.761. The third-order valence-electron chi connectivity index (χ3n) is 2.91. The Kier molecular flexibility index (Phi) is 5.82. The number of rotatable bonds is 4. The van der Waals surface area contributed by atoms with Gasteiger partial charge in [-0.2, -0.15) is 0 Å². The minimum absolute atomic E-state index is 0.0760. The number of amides is 2. The highest BCUT2D eigenvalue weighted by molar-refractivity contribution is 6.30. The van der Waals surface area contributed by atoms with Crippen molar-refractivity contribution in [3.63, 3.8) is 0 Å². The van der Waals surface area contributed by atoms with Gasteiger partial charge in [0.1, 0.15) is 12.4 Å². The van der Waals surface area contributed by atoms with Gasteiger partial charge in [-0.1, -0.05) is 23.7 Å². The summed E-state index contributed by atoms with van der Waals surface area (Å²) in [6.45, 7) is 0.0760. The second-order valence-electron chi connectivity index (χ2n) is 4.51. The van der Waals surface area contributed by atoms with E-state index in [-0.39, 0.29) is 6.61 Å². The smallest absolute Gasteiger partial charge is 0.426 e. The van der Waals surface area contributed by atoms with Crippen LogP contribution in [0.25, 0.3) is 0 Å². The van der Waals surface area contributed by atoms with Gasteiger partial charge in [-0.25, -0.2) is 10.2 Å². The van der Waals surface area contributed by atoms with Crippen molar-refractivity contribution in [1.82, 2.24) is 10.9 Å². The van der Waals surface area contributed by atoms with Gasteiger partial charge >= 0.3 is 6.09 Å². The van der Waals surface area contributed by atoms with E-state index in [4.69, 9.17) is 21.1 Å². The van der Waals surface area contributed by atoms with Crippen LogP contribution in [0.5, 0.6) is 5.75 Å². The molecule has 0 aliphatic carbocycles. The Bertz CT molecular complexity index is 671. The zero-order valence-electron chi connectivity index (χ0n) is 12.3. The quantitative estimate of drug-likeness (QED) is 0.843. The zero-order valence-corrected chi connectivity index (χ0v) is 13.1. The fourth-order valence-corrected chi connectivity index (χ4v) is 1.81. The molecule has 0 aliphatic heterocycles. The van der Waals surface area contributed by atoms with E-state index < -0.39 is 12.0 Å². The van der Waals surface area contributed by atoms with E-state index in [2.05, 4.69) is 10.9 Å². The van der Waals surface area contributed by atoms with Crippen LogP contribution in [0.3, 0.4) is 0 Å². The summed E-state index contributed by atoms with van der Waals surface area (Å²) in [5, 5.41) is 0.522. The highest BCUT2D eigenvalue weighted by Gasteiger charge is 2.08. The van der Waals surface area contributed by atoms with Crippen LogP contribution in [-0.2, 0) is 11.3 Å². The highest BCUT2D eigenvalue weighted by atomic mass is 35.5. The van der Waals surface area contributed by atoms with Crippen molar-refractivity contribution in [3.8, 4) is 5.75 Å². The van der Waals surface area contributed by atoms with Gasteiger partial charge in [-0.15, -0.1) is 0 Å². The molecule has 0 heterocycles. The molecule has 0 saturated heterocycles. The number of ether oxygens (including phenoxy) is 2. The second kappa shape index (κ2) is 8.05. The molecule has 0 saturated carbocycles. The van der Waals surface area contributed by atoms with E-state index in [1.54, 1.807) is 55.6 Å². The number of methoxy groups -OCH3 is 1. The lowest BCUT2D eigenvalue weighted by Gasteiger charge is -2.09. The van der Waals surface area contributed by atoms with Crippen molar-refractivity contribution in [1.29, 1.82) is 0 Å². The highest BCUT2D eigenvalue weighted by Crippen LogP contribution is 2.12. The first-order chi connectivity index (χ1) is 11.1. The summed E-state index contributed by atoms with van der Waals surface area (Å²) in [7, 11) is 1.57. The van der Waals surface area contributed by atoms with Crippen LogP contribution in [0.2, 0.25) is 5.02 Å². The van der Waals surface area contributed by atoms with Crippen molar-refractivity contribution in [2.45, 2.75) is 6.61 Å². The van der Waals surface area contributed by atoms with Gasteiger partial charge in [0, 0.05) is 10.6 Å². The first-order valence-electron chi connectivity index (χ1n) is 6.70. The first kappa shape index (κ1) is 16.6. The van der Waals surface area contributed by atoms with Crippen LogP contribution in [0.15, 0.2) is 48.5 Å². The average Bonchev–Trinajstić information content (AvgIpc) is 2.59. The summed E-state index contributed by atoms with van der Waals surface area (Å²) in [4.78, 5) is 23.3. The maximum Gasteiger partial charge on any atom is 0.426 e. The summed E-state index contributed by atoms with van der Waals surface area (Å²) < 4.78 is 10.0. The Morgan fingerprint density at radius 3 is 2.26 bits per heavy atom. The lowest BCUT2D eigenvalue weighted by Crippen LogP contribution is -2.41. The molecule has 0 bridgehead atoms. The maximum atomic E-state index is 11.8. The number of hydrogen-bond donors (Lipinski definition) is 2. The van der Waals surface area contributed by atoms with Crippen molar-refractivity contribution in [2.24, 2.45) is 0 Å². The molecule has 0 atom stereocenters. The Balaban J connectivity index is 1.76. The Labute approximate surface area is 138 Å². The summed E-state index contributed by atoms with van der Waals surface area (Å²) in [6, 6.07) is 13.3. The minimum atomic E-state index is -0.761. The molecule has 2 N–H and O–H groups in total. The number of hydrazine groups is 1. The number of hydrogen-bond acceptors (Lipinski definition) is 4. The SMILES string of the molecule is COc1ccc(COC(=O)NNC(=O)c2ccc(Cl)cc2)cc1. The van der Waals surface area contributed by atoms with E-state index in [1.807, 2.05) is 0 Å². The summed E-state index contributed by atoms with van der Waals surface area (Å²) >= 11 is 5.73. The molecule has 0 fully saturated rings. The Hall–Kier alpha value is -2.73. The molecular formula is C16H15ClN2O4. The molecule has 23 heavy (non-hydrogen) atoms. The standard InChI is InChI=1S/C16H15ClN2O4/c1-22-14-8-2-11(3-9-14)10-23-16(21)19-18-15(20)12-4-6-13(17)7-5-12/h2-9H,10H2,1H3,(H,18,20)(H,19,21). The van der Waals surface area contributed by atoms with E-state index in [1.165, 1.54) is 0 Å². The molecule has 2 aromatic carbocycles. The van der Waals surface area contributed by atoms with Gasteiger partial charge in [-0.05, 0) is 42.0 Å². The average molecular weight is 335 g/mol. The van der Waals surface area contributed by atoms with Crippen molar-refractivity contribution in [3.05, 3.63) is 64.7 Å². The molecule has 120 valence electrons. The van der Waals surface area contributed by atoms with Crippen molar-refractivity contribution < 1.29 is 19.1 Å². The summed E-state index contributed by atoms with van der Waals surface area (Å²) in [5.74, 6) is 0.247. The van der Waals surface area contributed by atoms with Gasteiger partial charge in [0.25, 0.3) is 5.91 Å². The molecule has 0 radical (unpaired) electrons. The van der Waals surface area contributed by atoms with Crippen molar-refractivity contribution in [2.75, 3.05) is 7.11 Å². The third kappa shape index (κ3) is 5.19. The lowest BCUT2D eigenvalue weighted by atomic mass is 10.2. The van der Waals surface area contributed by atoms with Crippen molar-refractivity contribution >= 4 is 23.6 Å². The molecule has 0 aromatic heterocycles. The van der Waals surface area contributed by atoms with Gasteiger partial charge in [0.2, 0.25) is 0 Å². The van der Waals surface area contributed by atoms with Crippen LogP contribution in [0.1, 0.15) is 15.9 Å². The predicted molar refractivity (Wildman–Crippen MR) is 85.2 cm³/mol. The monoisotopic (exact) mass is 334 g/mol. The number of benzene rings is 2. The van der Waals surface area contributed by atoms with E-state index in [0.717, 1.165) is 5.56 Å². The molecular weight excluding hydrogens is 320 g/mol. The van der Waals surface area contributed by atoms with Gasteiger partial charge in [0.15, 0.2) is 0 Å². The molecule has 0 spiro atoms. The van der Waals surface area contributed by atoms with Gasteiger partial charge < -0.3 is 9.47 Å². The fourth-order valence-electron chi connectivity index (χ4n) is 1.69. The molecule has 7 heteroatoms. The van der Waals surface area contributed by atoms with Gasteiger partial charge in [0.05, 0.1) is 7.11 Å². The molecule has 2 aromatic rings. The van der Waals surface area contributed by atoms with E-state index in [9.17, 15) is 9.59 Å². The zero-order chi connectivity index (χ0) is 16.7. The van der Waals surface area contributed by atoms with Crippen LogP contribution in [0.4, 0.5) is 4.79 Å². The predicted octanol–water partition coefficient (Wildman–Crippen LogP) is 2.92. The number of carbonyl (C=O) groups excluding carboxylic acids is 2. The molecule has 6 nitrogen and oxygen atoms in total. The first-order valence-corrected chi connectivity index (χ1v) is 7.08. The van der Waals surface area contributed by atoms with E-state index in [0.29, 0.717) is 16.3 Å². The molecule has 2 amide bonds. The van der Waals surface area contributed by atoms with Crippen LogP contribution in [-0.4, -0.2) is 19.1 Å². The Morgan fingerprint density at radius 1 is 1.00 bits per heavy atom. The third-order valence-corrected chi connectivity index (χ3v) is 3.17. The number of halogens is 1. The Morgan fingerprint density at radius 2 is 1.65 bits per heavy atom. The summed E-state index contributed by atoms with van der Waals surface area (Å²) in [5.41, 5.74) is 5.58. The minimum Gasteiger partial charge on any atom is -0.497 e. The van der Waals surface area contributed by atoms with Crippen LogP contribution in [0, 0.1) is 0 Å². The normalized spacial score (nSPS) is 9.83.